The van der Waals surface area contributed by atoms with E-state index in [-0.39, 0.29) is 6.61 Å². The molecule has 4 nitrogen and oxygen atoms in total. The van der Waals surface area contributed by atoms with Crippen LogP contribution in [0.4, 0.5) is 0 Å². The lowest BCUT2D eigenvalue weighted by atomic mass is 10.3. The number of ether oxygens (including phenoxy) is 2. The van der Waals surface area contributed by atoms with Crippen LogP contribution in [0.3, 0.4) is 0 Å². The van der Waals surface area contributed by atoms with Gasteiger partial charge < -0.3 is 19.9 Å². The Morgan fingerprint density at radius 3 is 2.88 bits per heavy atom. The number of halogens is 1. The highest BCUT2D eigenvalue weighted by molar-refractivity contribution is 6.32. The van der Waals surface area contributed by atoms with Gasteiger partial charge in [0.05, 0.1) is 11.6 Å². The molecule has 0 radical (unpaired) electrons. The predicted molar refractivity (Wildman–Crippen MR) is 67.7 cm³/mol. The monoisotopic (exact) mass is 259 g/mol. The fraction of sp³-hybridized carbons (Fsp3) is 0.500. The zero-order chi connectivity index (χ0) is 12.5. The second-order valence-corrected chi connectivity index (χ2v) is 4.00. The Balaban J connectivity index is 2.19. The summed E-state index contributed by atoms with van der Waals surface area (Å²) in [4.78, 5) is 0. The summed E-state index contributed by atoms with van der Waals surface area (Å²) in [6, 6.07) is 7.19. The van der Waals surface area contributed by atoms with E-state index in [2.05, 4.69) is 5.32 Å². The zero-order valence-corrected chi connectivity index (χ0v) is 10.6. The highest BCUT2D eigenvalue weighted by Crippen LogP contribution is 2.22. The third-order valence-electron chi connectivity index (χ3n) is 2.13. The van der Waals surface area contributed by atoms with Crippen molar-refractivity contribution in [3.05, 3.63) is 29.3 Å². The maximum Gasteiger partial charge on any atom is 0.138 e. The minimum absolute atomic E-state index is 0.212. The molecule has 5 heteroatoms. The third-order valence-corrected chi connectivity index (χ3v) is 2.44. The molecule has 0 saturated heterocycles. The molecule has 1 atom stereocenters. The number of benzene rings is 1. The number of methoxy groups -OCH3 is 1. The highest BCUT2D eigenvalue weighted by atomic mass is 35.5. The van der Waals surface area contributed by atoms with Gasteiger partial charge in [-0.3, -0.25) is 0 Å². The molecule has 0 spiro atoms. The second-order valence-electron chi connectivity index (χ2n) is 3.59. The quantitative estimate of drug-likeness (QED) is 0.692. The Morgan fingerprint density at radius 1 is 1.41 bits per heavy atom. The molecule has 0 aromatic heterocycles. The Morgan fingerprint density at radius 2 is 2.18 bits per heavy atom. The molecule has 2 N–H and O–H groups in total. The summed E-state index contributed by atoms with van der Waals surface area (Å²) >= 11 is 5.91. The van der Waals surface area contributed by atoms with Gasteiger partial charge in [0.1, 0.15) is 18.5 Å². The Kier molecular flexibility index (Phi) is 6.96. The molecule has 0 heterocycles. The summed E-state index contributed by atoms with van der Waals surface area (Å²) in [5.41, 5.74) is 0. The van der Waals surface area contributed by atoms with Crippen molar-refractivity contribution in [2.75, 3.05) is 33.4 Å². The highest BCUT2D eigenvalue weighted by Gasteiger charge is 2.06. The fourth-order valence-electron chi connectivity index (χ4n) is 1.25. The Hall–Kier alpha value is -0.810. The van der Waals surface area contributed by atoms with Crippen molar-refractivity contribution >= 4 is 11.6 Å². The molecule has 0 saturated carbocycles. The van der Waals surface area contributed by atoms with E-state index < -0.39 is 6.10 Å². The first-order valence-electron chi connectivity index (χ1n) is 5.49. The lowest BCUT2D eigenvalue weighted by Gasteiger charge is -2.13. The molecule has 0 bridgehead atoms. The van der Waals surface area contributed by atoms with E-state index in [4.69, 9.17) is 21.1 Å². The van der Waals surface area contributed by atoms with E-state index in [0.717, 1.165) is 0 Å². The van der Waals surface area contributed by atoms with Crippen LogP contribution in [0.25, 0.3) is 0 Å². The molecule has 1 aromatic rings. The van der Waals surface area contributed by atoms with Crippen molar-refractivity contribution in [1.29, 1.82) is 0 Å². The third kappa shape index (κ3) is 5.89. The normalized spacial score (nSPS) is 12.4. The van der Waals surface area contributed by atoms with Crippen molar-refractivity contribution in [3.8, 4) is 5.75 Å². The van der Waals surface area contributed by atoms with Crippen molar-refractivity contribution in [3.63, 3.8) is 0 Å². The number of aliphatic hydroxyl groups is 1. The molecule has 17 heavy (non-hydrogen) atoms. The first-order chi connectivity index (χ1) is 8.24. The van der Waals surface area contributed by atoms with Gasteiger partial charge in [-0.05, 0) is 12.1 Å². The minimum atomic E-state index is -0.567. The molecule has 0 aliphatic rings. The lowest BCUT2D eigenvalue weighted by Crippen LogP contribution is -2.33. The maximum atomic E-state index is 9.63. The van der Waals surface area contributed by atoms with E-state index in [1.165, 1.54) is 0 Å². The lowest BCUT2D eigenvalue weighted by molar-refractivity contribution is 0.103. The number of para-hydroxylation sites is 1. The van der Waals surface area contributed by atoms with E-state index in [0.29, 0.717) is 30.5 Å². The van der Waals surface area contributed by atoms with Gasteiger partial charge in [-0.2, -0.15) is 0 Å². The topological polar surface area (TPSA) is 50.7 Å². The molecule has 1 unspecified atom stereocenters. The second kappa shape index (κ2) is 8.31. The number of aliphatic hydroxyl groups excluding tert-OH is 1. The van der Waals surface area contributed by atoms with E-state index >= 15 is 0 Å². The van der Waals surface area contributed by atoms with Crippen LogP contribution in [0.2, 0.25) is 5.02 Å². The van der Waals surface area contributed by atoms with Gasteiger partial charge in [0.25, 0.3) is 0 Å². The average molecular weight is 260 g/mol. The Bertz CT molecular complexity index is 322. The van der Waals surface area contributed by atoms with Crippen LogP contribution >= 0.6 is 11.6 Å². The number of hydrogen-bond donors (Lipinski definition) is 2. The van der Waals surface area contributed by atoms with Crippen LogP contribution in [0.15, 0.2) is 24.3 Å². The summed E-state index contributed by atoms with van der Waals surface area (Å²) in [7, 11) is 1.64. The van der Waals surface area contributed by atoms with Crippen molar-refractivity contribution in [2.45, 2.75) is 6.10 Å². The Labute approximate surface area is 106 Å². The molecule has 0 aliphatic heterocycles. The number of rotatable bonds is 8. The number of nitrogens with one attached hydrogen (secondary N) is 1. The van der Waals surface area contributed by atoms with Gasteiger partial charge in [-0.25, -0.2) is 0 Å². The van der Waals surface area contributed by atoms with Crippen LogP contribution in [-0.2, 0) is 4.74 Å². The van der Waals surface area contributed by atoms with Gasteiger partial charge in [0.2, 0.25) is 0 Å². The van der Waals surface area contributed by atoms with Gasteiger partial charge >= 0.3 is 0 Å². The molecule has 1 rings (SSSR count). The fourth-order valence-corrected chi connectivity index (χ4v) is 1.44. The van der Waals surface area contributed by atoms with Gasteiger partial charge in [0.15, 0.2) is 0 Å². The van der Waals surface area contributed by atoms with Crippen LogP contribution in [0, 0.1) is 0 Å². The average Bonchev–Trinajstić information content (AvgIpc) is 2.34. The largest absolute Gasteiger partial charge is 0.489 e. The van der Waals surface area contributed by atoms with E-state index in [9.17, 15) is 5.11 Å². The van der Waals surface area contributed by atoms with E-state index in [1.54, 1.807) is 19.2 Å². The van der Waals surface area contributed by atoms with Crippen LogP contribution in [0.1, 0.15) is 0 Å². The summed E-state index contributed by atoms with van der Waals surface area (Å²) < 4.78 is 10.3. The molecule has 0 aliphatic carbocycles. The smallest absolute Gasteiger partial charge is 0.138 e. The molecule has 0 amide bonds. The summed E-state index contributed by atoms with van der Waals surface area (Å²) in [6.07, 6.45) is -0.567. The van der Waals surface area contributed by atoms with E-state index in [1.807, 2.05) is 12.1 Å². The van der Waals surface area contributed by atoms with Gasteiger partial charge in [-0.15, -0.1) is 0 Å². The zero-order valence-electron chi connectivity index (χ0n) is 9.86. The minimum Gasteiger partial charge on any atom is -0.489 e. The number of hydrogen-bond acceptors (Lipinski definition) is 4. The SMILES string of the molecule is COCCNCC(O)COc1ccccc1Cl. The molecular weight excluding hydrogens is 242 g/mol. The summed E-state index contributed by atoms with van der Waals surface area (Å²) in [6.45, 7) is 2.01. The summed E-state index contributed by atoms with van der Waals surface area (Å²) in [5.74, 6) is 0.588. The van der Waals surface area contributed by atoms with Crippen LogP contribution in [0.5, 0.6) is 5.75 Å². The van der Waals surface area contributed by atoms with Gasteiger partial charge in [-0.1, -0.05) is 23.7 Å². The maximum absolute atomic E-state index is 9.63. The first kappa shape index (κ1) is 14.3. The molecule has 1 aromatic carbocycles. The van der Waals surface area contributed by atoms with Crippen molar-refractivity contribution in [2.24, 2.45) is 0 Å². The standard InChI is InChI=1S/C12H18ClNO3/c1-16-7-6-14-8-10(15)9-17-12-5-3-2-4-11(12)13/h2-5,10,14-15H,6-9H2,1H3. The van der Waals surface area contributed by atoms with Crippen LogP contribution in [-0.4, -0.2) is 44.6 Å². The van der Waals surface area contributed by atoms with Crippen molar-refractivity contribution in [1.82, 2.24) is 5.32 Å². The predicted octanol–water partition coefficient (Wildman–Crippen LogP) is 1.32. The molecular formula is C12H18ClNO3. The molecule has 96 valence electrons. The van der Waals surface area contributed by atoms with Crippen molar-refractivity contribution < 1.29 is 14.6 Å². The summed E-state index contributed by atoms with van der Waals surface area (Å²) in [5, 5.41) is 13.2. The molecule has 0 fully saturated rings. The van der Waals surface area contributed by atoms with Crippen LogP contribution < -0.4 is 10.1 Å². The van der Waals surface area contributed by atoms with Gasteiger partial charge in [0, 0.05) is 20.2 Å². The first-order valence-corrected chi connectivity index (χ1v) is 5.87.